The summed E-state index contributed by atoms with van der Waals surface area (Å²) < 4.78 is 5.93. The van der Waals surface area contributed by atoms with Gasteiger partial charge in [0, 0.05) is 38.4 Å². The molecule has 45 heavy (non-hydrogen) atoms. The zero-order valence-electron chi connectivity index (χ0n) is 25.3. The number of likely N-dealkylation sites (tertiary alicyclic amines) is 1. The maximum Gasteiger partial charge on any atom is 0.305 e. The van der Waals surface area contributed by atoms with Crippen LogP contribution in [0.15, 0.2) is 103 Å². The van der Waals surface area contributed by atoms with Crippen molar-refractivity contribution in [2.24, 2.45) is 5.92 Å². The quantitative estimate of drug-likeness (QED) is 0.197. The van der Waals surface area contributed by atoms with Gasteiger partial charge in [-0.05, 0) is 77.3 Å². The summed E-state index contributed by atoms with van der Waals surface area (Å²) in [7, 11) is 0. The fourth-order valence-electron chi connectivity index (χ4n) is 5.85. The molecule has 1 atom stereocenters. The van der Waals surface area contributed by atoms with E-state index in [1.54, 1.807) is 12.4 Å². The van der Waals surface area contributed by atoms with Gasteiger partial charge >= 0.3 is 5.97 Å². The third-order valence-electron chi connectivity index (χ3n) is 8.37. The monoisotopic (exact) mass is 605 g/mol. The second-order valence-corrected chi connectivity index (χ2v) is 11.4. The number of aliphatic carboxylic acids is 1. The van der Waals surface area contributed by atoms with Crippen LogP contribution in [0.4, 0.5) is 0 Å². The van der Waals surface area contributed by atoms with Crippen LogP contribution in [0.1, 0.15) is 48.3 Å². The highest BCUT2D eigenvalue weighted by Gasteiger charge is 2.33. The Hall–Kier alpha value is -4.98. The highest BCUT2D eigenvalue weighted by molar-refractivity contribution is 5.84. The molecular weight excluding hydrogens is 566 g/mol. The second kappa shape index (κ2) is 15.7. The number of carboxylic acids is 1. The SMILES string of the molecule is O=C(O)CCNC(=O)[C@H](c1ccc(OCc2ccccc2)cc1)C1CCN(C(=O)CCc2ccc(-c3ccncc3)cc2)CC1. The van der Waals surface area contributed by atoms with Crippen molar-refractivity contribution >= 4 is 17.8 Å². The molecule has 0 spiro atoms. The maximum atomic E-state index is 13.4. The minimum atomic E-state index is -0.955. The first-order valence-electron chi connectivity index (χ1n) is 15.5. The Kier molecular flexibility index (Phi) is 10.9. The van der Waals surface area contributed by atoms with E-state index in [2.05, 4.69) is 34.6 Å². The van der Waals surface area contributed by atoms with E-state index in [4.69, 9.17) is 9.84 Å². The zero-order valence-corrected chi connectivity index (χ0v) is 25.3. The molecule has 0 aliphatic carbocycles. The van der Waals surface area contributed by atoms with Crippen LogP contribution in [0.25, 0.3) is 11.1 Å². The Morgan fingerprint density at radius 2 is 1.49 bits per heavy atom. The Bertz CT molecular complexity index is 1540. The molecular formula is C37H39N3O5. The predicted octanol–water partition coefficient (Wildman–Crippen LogP) is 5.87. The van der Waals surface area contributed by atoms with Gasteiger partial charge < -0.3 is 20.1 Å². The summed E-state index contributed by atoms with van der Waals surface area (Å²) in [6.07, 6.45) is 5.90. The van der Waals surface area contributed by atoms with Gasteiger partial charge in [0.25, 0.3) is 0 Å². The summed E-state index contributed by atoms with van der Waals surface area (Å²) in [6, 6.07) is 29.7. The third kappa shape index (κ3) is 9.01. The van der Waals surface area contributed by atoms with Crippen molar-refractivity contribution in [2.45, 2.75) is 44.6 Å². The van der Waals surface area contributed by atoms with E-state index in [1.807, 2.05) is 71.6 Å². The number of aromatic nitrogens is 1. The molecule has 3 aromatic carbocycles. The Morgan fingerprint density at radius 1 is 0.822 bits per heavy atom. The van der Waals surface area contributed by atoms with E-state index >= 15 is 0 Å². The molecule has 0 unspecified atom stereocenters. The first kappa shape index (κ1) is 31.4. The third-order valence-corrected chi connectivity index (χ3v) is 8.37. The van der Waals surface area contributed by atoms with Crippen LogP contribution in [0.2, 0.25) is 0 Å². The number of hydrogen-bond donors (Lipinski definition) is 2. The van der Waals surface area contributed by atoms with Crippen molar-refractivity contribution in [1.82, 2.24) is 15.2 Å². The summed E-state index contributed by atoms with van der Waals surface area (Å²) >= 11 is 0. The molecule has 8 nitrogen and oxygen atoms in total. The van der Waals surface area contributed by atoms with E-state index < -0.39 is 11.9 Å². The summed E-state index contributed by atoms with van der Waals surface area (Å²) in [5, 5.41) is 11.9. The van der Waals surface area contributed by atoms with Crippen molar-refractivity contribution in [3.63, 3.8) is 0 Å². The van der Waals surface area contributed by atoms with E-state index in [1.165, 1.54) is 0 Å². The lowest BCUT2D eigenvalue weighted by atomic mass is 9.79. The molecule has 5 rings (SSSR count). The molecule has 8 heteroatoms. The average molecular weight is 606 g/mol. The molecule has 1 aromatic heterocycles. The van der Waals surface area contributed by atoms with Crippen LogP contribution >= 0.6 is 0 Å². The number of aryl methyl sites for hydroxylation is 1. The van der Waals surface area contributed by atoms with Gasteiger partial charge in [0.05, 0.1) is 12.3 Å². The first-order chi connectivity index (χ1) is 22.0. The Morgan fingerprint density at radius 3 is 2.16 bits per heavy atom. The van der Waals surface area contributed by atoms with Crippen LogP contribution in [0.3, 0.4) is 0 Å². The number of amides is 2. The lowest BCUT2D eigenvalue weighted by molar-refractivity contribution is -0.137. The number of nitrogens with zero attached hydrogens (tertiary/aromatic N) is 2. The lowest BCUT2D eigenvalue weighted by Crippen LogP contribution is -2.43. The summed E-state index contributed by atoms with van der Waals surface area (Å²) in [4.78, 5) is 43.5. The Labute approximate surface area is 264 Å². The predicted molar refractivity (Wildman–Crippen MR) is 173 cm³/mol. The highest BCUT2D eigenvalue weighted by Crippen LogP contribution is 2.34. The van der Waals surface area contributed by atoms with Crippen LogP contribution in [-0.4, -0.2) is 52.4 Å². The number of carboxylic acid groups (broad SMARTS) is 1. The van der Waals surface area contributed by atoms with Crippen molar-refractivity contribution in [3.05, 3.63) is 120 Å². The topological polar surface area (TPSA) is 109 Å². The average Bonchev–Trinajstić information content (AvgIpc) is 3.08. The molecule has 0 radical (unpaired) electrons. The molecule has 1 fully saturated rings. The maximum absolute atomic E-state index is 13.4. The van der Waals surface area contributed by atoms with Gasteiger partial charge in [-0.15, -0.1) is 0 Å². The molecule has 232 valence electrons. The molecule has 0 bridgehead atoms. The van der Waals surface area contributed by atoms with Gasteiger partial charge in [0.2, 0.25) is 11.8 Å². The van der Waals surface area contributed by atoms with Crippen LogP contribution in [-0.2, 0) is 27.4 Å². The standard InChI is InChI=1S/C37H39N3O5/c41-34(15-8-27-6-9-29(10-7-27)30-16-21-38-22-17-30)40-24-19-32(20-25-40)36(37(44)39-23-18-35(42)43)31-11-13-33(14-12-31)45-26-28-4-2-1-3-5-28/h1-7,9-14,16-17,21-22,32,36H,8,15,18-20,23-26H2,(H,39,44)(H,42,43)/t36-/m1/s1. The molecule has 2 heterocycles. The number of carbonyl (C=O) groups is 3. The number of benzene rings is 3. The molecule has 1 saturated heterocycles. The lowest BCUT2D eigenvalue weighted by Gasteiger charge is -2.36. The fourth-order valence-corrected chi connectivity index (χ4v) is 5.85. The number of carbonyl (C=O) groups excluding carboxylic acids is 2. The number of ether oxygens (including phenoxy) is 1. The van der Waals surface area contributed by atoms with Crippen LogP contribution < -0.4 is 10.1 Å². The first-order valence-corrected chi connectivity index (χ1v) is 15.5. The van der Waals surface area contributed by atoms with Crippen LogP contribution in [0.5, 0.6) is 5.75 Å². The van der Waals surface area contributed by atoms with E-state index in [0.29, 0.717) is 51.1 Å². The smallest absolute Gasteiger partial charge is 0.305 e. The van der Waals surface area contributed by atoms with Crippen molar-refractivity contribution < 1.29 is 24.2 Å². The fraction of sp³-hybridized carbons (Fsp3) is 0.297. The number of nitrogens with one attached hydrogen (secondary N) is 1. The molecule has 4 aromatic rings. The number of piperidine rings is 1. The summed E-state index contributed by atoms with van der Waals surface area (Å²) in [5.74, 6) is -0.736. The van der Waals surface area contributed by atoms with E-state index in [9.17, 15) is 14.4 Å². The normalized spacial score (nSPS) is 14.0. The minimum absolute atomic E-state index is 0.0238. The van der Waals surface area contributed by atoms with Gasteiger partial charge in [0.15, 0.2) is 0 Å². The molecule has 0 saturated carbocycles. The summed E-state index contributed by atoms with van der Waals surface area (Å²) in [5.41, 5.74) is 5.26. The van der Waals surface area contributed by atoms with Gasteiger partial charge in [0.1, 0.15) is 12.4 Å². The molecule has 2 N–H and O–H groups in total. The largest absolute Gasteiger partial charge is 0.489 e. The van der Waals surface area contributed by atoms with Crippen LogP contribution in [0, 0.1) is 5.92 Å². The van der Waals surface area contributed by atoms with E-state index in [0.717, 1.165) is 27.8 Å². The molecule has 1 aliphatic rings. The van der Waals surface area contributed by atoms with Gasteiger partial charge in [-0.3, -0.25) is 19.4 Å². The van der Waals surface area contributed by atoms with E-state index in [-0.39, 0.29) is 30.7 Å². The van der Waals surface area contributed by atoms with Gasteiger partial charge in [-0.2, -0.15) is 0 Å². The Balaban J connectivity index is 1.17. The van der Waals surface area contributed by atoms with Crippen molar-refractivity contribution in [2.75, 3.05) is 19.6 Å². The second-order valence-electron chi connectivity index (χ2n) is 11.4. The minimum Gasteiger partial charge on any atom is -0.489 e. The van der Waals surface area contributed by atoms with Gasteiger partial charge in [-0.1, -0.05) is 66.7 Å². The number of pyridine rings is 1. The highest BCUT2D eigenvalue weighted by atomic mass is 16.5. The number of hydrogen-bond acceptors (Lipinski definition) is 5. The molecule has 2 amide bonds. The van der Waals surface area contributed by atoms with Crippen molar-refractivity contribution in [3.8, 4) is 16.9 Å². The number of rotatable bonds is 13. The van der Waals surface area contributed by atoms with Crippen molar-refractivity contribution in [1.29, 1.82) is 0 Å². The zero-order chi connectivity index (χ0) is 31.4. The summed E-state index contributed by atoms with van der Waals surface area (Å²) in [6.45, 7) is 1.69. The molecule has 1 aliphatic heterocycles. The van der Waals surface area contributed by atoms with Gasteiger partial charge in [-0.25, -0.2) is 0 Å².